The van der Waals surface area contributed by atoms with Crippen molar-refractivity contribution in [2.45, 2.75) is 19.9 Å². The summed E-state index contributed by atoms with van der Waals surface area (Å²) < 4.78 is 2.12. The molecule has 0 bridgehead atoms. The molecule has 0 aliphatic carbocycles. The second-order valence-corrected chi connectivity index (χ2v) is 4.14. The van der Waals surface area contributed by atoms with Crippen molar-refractivity contribution in [2.24, 2.45) is 0 Å². The minimum absolute atomic E-state index is 0.0957. The maximum atomic E-state index is 11.7. The first-order valence-corrected chi connectivity index (χ1v) is 6.12. The first-order valence-electron chi connectivity index (χ1n) is 6.12. The van der Waals surface area contributed by atoms with Gasteiger partial charge in [0.05, 0.1) is 5.52 Å². The molecule has 0 fully saturated rings. The zero-order valence-electron chi connectivity index (χ0n) is 10.1. The van der Waals surface area contributed by atoms with Crippen molar-refractivity contribution >= 4 is 10.9 Å². The lowest BCUT2D eigenvalue weighted by Crippen LogP contribution is -2.21. The van der Waals surface area contributed by atoms with Crippen LogP contribution < -0.4 is 10.7 Å². The van der Waals surface area contributed by atoms with Crippen LogP contribution in [0.5, 0.6) is 0 Å². The molecule has 1 heterocycles. The number of rotatable bonds is 5. The molecule has 3 nitrogen and oxygen atoms in total. The molecule has 0 spiro atoms. The maximum Gasteiger partial charge on any atom is 0.189 e. The molecular weight excluding hydrogens is 212 g/mol. The molecule has 2 aromatic rings. The fourth-order valence-electron chi connectivity index (χ4n) is 1.96. The molecule has 90 valence electrons. The van der Waals surface area contributed by atoms with E-state index in [1.165, 1.54) is 0 Å². The van der Waals surface area contributed by atoms with Crippen LogP contribution in [0.25, 0.3) is 10.9 Å². The van der Waals surface area contributed by atoms with Gasteiger partial charge in [-0.15, -0.1) is 0 Å². The Hall–Kier alpha value is -1.61. The summed E-state index contributed by atoms with van der Waals surface area (Å²) in [6, 6.07) is 9.40. The van der Waals surface area contributed by atoms with Gasteiger partial charge in [0, 0.05) is 30.7 Å². The second-order valence-electron chi connectivity index (χ2n) is 4.14. The molecule has 1 aromatic heterocycles. The van der Waals surface area contributed by atoms with Crippen molar-refractivity contribution in [2.75, 3.05) is 13.1 Å². The van der Waals surface area contributed by atoms with E-state index in [1.54, 1.807) is 6.07 Å². The number of benzene rings is 1. The molecule has 17 heavy (non-hydrogen) atoms. The van der Waals surface area contributed by atoms with Crippen molar-refractivity contribution in [3.05, 3.63) is 46.8 Å². The van der Waals surface area contributed by atoms with Crippen molar-refractivity contribution in [1.29, 1.82) is 0 Å². The third-order valence-electron chi connectivity index (χ3n) is 2.84. The third-order valence-corrected chi connectivity index (χ3v) is 2.84. The highest BCUT2D eigenvalue weighted by molar-refractivity contribution is 5.78. The van der Waals surface area contributed by atoms with Gasteiger partial charge in [-0.1, -0.05) is 19.1 Å². The molecule has 0 aliphatic rings. The van der Waals surface area contributed by atoms with Gasteiger partial charge in [-0.05, 0) is 25.1 Å². The normalized spacial score (nSPS) is 10.9. The number of aromatic nitrogens is 1. The van der Waals surface area contributed by atoms with Crippen LogP contribution in [-0.4, -0.2) is 17.7 Å². The van der Waals surface area contributed by atoms with Crippen molar-refractivity contribution in [3.63, 3.8) is 0 Å². The minimum atomic E-state index is 0.0957. The van der Waals surface area contributed by atoms with Crippen LogP contribution in [0.4, 0.5) is 0 Å². The molecule has 0 aliphatic heterocycles. The molecule has 0 unspecified atom stereocenters. The highest BCUT2D eigenvalue weighted by Crippen LogP contribution is 2.08. The summed E-state index contributed by atoms with van der Waals surface area (Å²) in [7, 11) is 0. The predicted molar refractivity (Wildman–Crippen MR) is 71.4 cm³/mol. The average molecular weight is 230 g/mol. The van der Waals surface area contributed by atoms with Crippen LogP contribution in [0.2, 0.25) is 0 Å². The van der Waals surface area contributed by atoms with Gasteiger partial charge in [-0.3, -0.25) is 4.79 Å². The molecule has 0 saturated heterocycles. The van der Waals surface area contributed by atoms with Gasteiger partial charge in [-0.25, -0.2) is 0 Å². The third kappa shape index (κ3) is 2.74. The topological polar surface area (TPSA) is 34.0 Å². The molecule has 2 rings (SSSR count). The van der Waals surface area contributed by atoms with E-state index in [9.17, 15) is 4.79 Å². The zero-order valence-corrected chi connectivity index (χ0v) is 10.1. The fourth-order valence-corrected chi connectivity index (χ4v) is 1.96. The van der Waals surface area contributed by atoms with Crippen molar-refractivity contribution in [1.82, 2.24) is 9.88 Å². The van der Waals surface area contributed by atoms with Gasteiger partial charge in [0.15, 0.2) is 5.43 Å². The summed E-state index contributed by atoms with van der Waals surface area (Å²) in [4.78, 5) is 11.7. The molecular formula is C14H18N2O. The minimum Gasteiger partial charge on any atom is -0.346 e. The Bertz CT molecular complexity index is 545. The summed E-state index contributed by atoms with van der Waals surface area (Å²) in [6.45, 7) is 5.02. The lowest BCUT2D eigenvalue weighted by atomic mass is 10.2. The number of pyridine rings is 1. The van der Waals surface area contributed by atoms with Gasteiger partial charge < -0.3 is 9.88 Å². The Kier molecular flexibility index (Phi) is 3.94. The number of nitrogens with zero attached hydrogens (tertiary/aromatic N) is 1. The van der Waals surface area contributed by atoms with E-state index in [0.29, 0.717) is 0 Å². The molecule has 0 radical (unpaired) electrons. The van der Waals surface area contributed by atoms with Gasteiger partial charge in [0.1, 0.15) is 0 Å². The van der Waals surface area contributed by atoms with Crippen LogP contribution in [0, 0.1) is 0 Å². The van der Waals surface area contributed by atoms with Crippen LogP contribution in [0.15, 0.2) is 41.3 Å². The van der Waals surface area contributed by atoms with E-state index in [4.69, 9.17) is 0 Å². The van der Waals surface area contributed by atoms with Gasteiger partial charge in [-0.2, -0.15) is 0 Å². The van der Waals surface area contributed by atoms with E-state index < -0.39 is 0 Å². The summed E-state index contributed by atoms with van der Waals surface area (Å²) in [6.07, 6.45) is 3.02. The summed E-state index contributed by atoms with van der Waals surface area (Å²) in [5, 5.41) is 4.16. The second kappa shape index (κ2) is 5.64. The first kappa shape index (κ1) is 11.9. The smallest absolute Gasteiger partial charge is 0.189 e. The van der Waals surface area contributed by atoms with E-state index >= 15 is 0 Å². The average Bonchev–Trinajstić information content (AvgIpc) is 2.37. The van der Waals surface area contributed by atoms with E-state index in [-0.39, 0.29) is 5.43 Å². The number of fused-ring (bicyclic) bond motifs is 1. The van der Waals surface area contributed by atoms with Crippen LogP contribution >= 0.6 is 0 Å². The molecule has 0 saturated carbocycles. The number of nitrogens with one attached hydrogen (secondary N) is 1. The van der Waals surface area contributed by atoms with Crippen LogP contribution in [0.3, 0.4) is 0 Å². The van der Waals surface area contributed by atoms with Crippen LogP contribution in [-0.2, 0) is 6.54 Å². The van der Waals surface area contributed by atoms with Crippen molar-refractivity contribution < 1.29 is 0 Å². The fraction of sp³-hybridized carbons (Fsp3) is 0.357. The lowest BCUT2D eigenvalue weighted by molar-refractivity contribution is 0.602. The quantitative estimate of drug-likeness (QED) is 0.797. The monoisotopic (exact) mass is 230 g/mol. The summed E-state index contributed by atoms with van der Waals surface area (Å²) in [5.74, 6) is 0. The Morgan fingerprint density at radius 1 is 1.18 bits per heavy atom. The van der Waals surface area contributed by atoms with E-state index in [2.05, 4.69) is 16.8 Å². The number of para-hydroxylation sites is 1. The largest absolute Gasteiger partial charge is 0.346 e. The maximum absolute atomic E-state index is 11.7. The van der Waals surface area contributed by atoms with Gasteiger partial charge in [0.25, 0.3) is 0 Å². The van der Waals surface area contributed by atoms with Crippen molar-refractivity contribution in [3.8, 4) is 0 Å². The number of hydrogen-bond acceptors (Lipinski definition) is 2. The number of hydrogen-bond donors (Lipinski definition) is 1. The standard InChI is InChI=1S/C14H18N2O/c1-2-8-15-9-11-16-10-7-14(17)12-5-3-4-6-13(12)16/h3-7,10,15H,2,8-9,11H2,1H3. The summed E-state index contributed by atoms with van der Waals surface area (Å²) in [5.41, 5.74) is 1.11. The molecule has 0 amide bonds. The highest BCUT2D eigenvalue weighted by Gasteiger charge is 2.00. The molecule has 3 heteroatoms. The van der Waals surface area contributed by atoms with E-state index in [1.807, 2.05) is 30.5 Å². The Morgan fingerprint density at radius 2 is 2.00 bits per heavy atom. The van der Waals surface area contributed by atoms with Gasteiger partial charge in [0.2, 0.25) is 0 Å². The van der Waals surface area contributed by atoms with Gasteiger partial charge >= 0.3 is 0 Å². The Morgan fingerprint density at radius 3 is 2.82 bits per heavy atom. The molecule has 1 N–H and O–H groups in total. The zero-order chi connectivity index (χ0) is 12.1. The summed E-state index contributed by atoms with van der Waals surface area (Å²) >= 11 is 0. The molecule has 1 aromatic carbocycles. The lowest BCUT2D eigenvalue weighted by Gasteiger charge is -2.10. The van der Waals surface area contributed by atoms with Crippen LogP contribution in [0.1, 0.15) is 13.3 Å². The SMILES string of the molecule is CCCNCCn1ccc(=O)c2ccccc21. The van der Waals surface area contributed by atoms with E-state index in [0.717, 1.165) is 37.0 Å². The molecule has 0 atom stereocenters. The highest BCUT2D eigenvalue weighted by atomic mass is 16.1. The first-order chi connectivity index (χ1) is 8.33. The Balaban J connectivity index is 2.23. The predicted octanol–water partition coefficient (Wildman–Crippen LogP) is 2.00. The Labute approximate surface area is 101 Å².